The summed E-state index contributed by atoms with van der Waals surface area (Å²) < 4.78 is 1.17. The van der Waals surface area contributed by atoms with E-state index in [4.69, 9.17) is 0 Å². The van der Waals surface area contributed by atoms with Gasteiger partial charge in [-0.15, -0.1) is 23.7 Å². The van der Waals surface area contributed by atoms with Gasteiger partial charge in [0.2, 0.25) is 5.91 Å². The van der Waals surface area contributed by atoms with Gasteiger partial charge in [0.1, 0.15) is 5.01 Å². The van der Waals surface area contributed by atoms with Gasteiger partial charge in [0, 0.05) is 6.54 Å². The van der Waals surface area contributed by atoms with E-state index in [0.29, 0.717) is 6.54 Å². The second-order valence-electron chi connectivity index (χ2n) is 4.84. The van der Waals surface area contributed by atoms with E-state index < -0.39 is 0 Å². The first-order valence-electron chi connectivity index (χ1n) is 6.66. The van der Waals surface area contributed by atoms with Crippen molar-refractivity contribution in [3.8, 4) is 0 Å². The third-order valence-electron chi connectivity index (χ3n) is 3.42. The molecule has 4 nitrogen and oxygen atoms in total. The first kappa shape index (κ1) is 15.2. The van der Waals surface area contributed by atoms with Gasteiger partial charge in [-0.3, -0.25) is 4.79 Å². The normalized spacial score (nSPS) is 18.5. The lowest BCUT2D eigenvalue weighted by Crippen LogP contribution is -2.40. The van der Waals surface area contributed by atoms with E-state index in [1.54, 1.807) is 11.3 Å². The molecular weight excluding hydrogens is 294 g/mol. The number of benzene rings is 1. The number of para-hydroxylation sites is 1. The Morgan fingerprint density at radius 1 is 1.45 bits per heavy atom. The highest BCUT2D eigenvalue weighted by Gasteiger charge is 2.20. The fourth-order valence-electron chi connectivity index (χ4n) is 2.38. The zero-order valence-electron chi connectivity index (χ0n) is 11.1. The van der Waals surface area contributed by atoms with Gasteiger partial charge in [-0.05, 0) is 31.5 Å². The highest BCUT2D eigenvalue weighted by Crippen LogP contribution is 2.21. The first-order chi connectivity index (χ1) is 9.33. The number of hydrogen-bond acceptors (Lipinski definition) is 4. The van der Waals surface area contributed by atoms with E-state index >= 15 is 0 Å². The summed E-state index contributed by atoms with van der Waals surface area (Å²) in [5.41, 5.74) is 1.01. The Labute approximate surface area is 128 Å². The Morgan fingerprint density at radius 2 is 2.30 bits per heavy atom. The molecule has 6 heteroatoms. The number of nitrogens with one attached hydrogen (secondary N) is 2. The quantitative estimate of drug-likeness (QED) is 0.915. The number of amides is 1. The van der Waals surface area contributed by atoms with E-state index in [9.17, 15) is 4.79 Å². The average Bonchev–Trinajstić information content (AvgIpc) is 2.88. The van der Waals surface area contributed by atoms with Gasteiger partial charge in [0.05, 0.1) is 22.7 Å². The molecule has 1 aliphatic rings. The van der Waals surface area contributed by atoms with Crippen molar-refractivity contribution in [1.82, 2.24) is 15.6 Å². The number of rotatable bonds is 3. The van der Waals surface area contributed by atoms with Gasteiger partial charge in [-0.2, -0.15) is 0 Å². The second-order valence-corrected chi connectivity index (χ2v) is 5.95. The molecule has 1 aromatic carbocycles. The molecule has 1 amide bonds. The number of hydrogen-bond donors (Lipinski definition) is 2. The number of piperidine rings is 1. The van der Waals surface area contributed by atoms with Crippen LogP contribution in [0, 0.1) is 5.92 Å². The molecule has 2 N–H and O–H groups in total. The molecule has 0 aliphatic carbocycles. The lowest BCUT2D eigenvalue weighted by molar-refractivity contribution is -0.125. The van der Waals surface area contributed by atoms with Gasteiger partial charge in [0.15, 0.2) is 0 Å². The van der Waals surface area contributed by atoms with E-state index in [-0.39, 0.29) is 24.2 Å². The summed E-state index contributed by atoms with van der Waals surface area (Å²) in [6, 6.07) is 8.06. The van der Waals surface area contributed by atoms with Crippen molar-refractivity contribution in [2.75, 3.05) is 13.1 Å². The number of fused-ring (bicyclic) bond motifs is 1. The monoisotopic (exact) mass is 311 g/mol. The maximum atomic E-state index is 12.0. The maximum Gasteiger partial charge on any atom is 0.224 e. The lowest BCUT2D eigenvalue weighted by atomic mass is 9.99. The second kappa shape index (κ2) is 7.02. The van der Waals surface area contributed by atoms with Crippen molar-refractivity contribution in [2.45, 2.75) is 19.4 Å². The molecule has 20 heavy (non-hydrogen) atoms. The Morgan fingerprint density at radius 3 is 3.05 bits per heavy atom. The van der Waals surface area contributed by atoms with Crippen LogP contribution in [0.25, 0.3) is 10.2 Å². The molecule has 0 radical (unpaired) electrons. The zero-order chi connectivity index (χ0) is 13.1. The van der Waals surface area contributed by atoms with Crippen molar-refractivity contribution in [3.63, 3.8) is 0 Å². The van der Waals surface area contributed by atoms with E-state index in [1.165, 1.54) is 4.70 Å². The van der Waals surface area contributed by atoms with Crippen LogP contribution >= 0.6 is 23.7 Å². The minimum atomic E-state index is 0. The summed E-state index contributed by atoms with van der Waals surface area (Å²) in [6.45, 7) is 2.36. The summed E-state index contributed by atoms with van der Waals surface area (Å²) in [5.74, 6) is 0.259. The molecule has 0 bridgehead atoms. The molecule has 0 spiro atoms. The summed E-state index contributed by atoms with van der Waals surface area (Å²) in [7, 11) is 0. The van der Waals surface area contributed by atoms with Crippen molar-refractivity contribution in [2.24, 2.45) is 5.92 Å². The number of aromatic nitrogens is 1. The molecule has 0 saturated carbocycles. The number of halogens is 1. The molecule has 1 aliphatic heterocycles. The lowest BCUT2D eigenvalue weighted by Gasteiger charge is -2.21. The molecule has 1 aromatic heterocycles. The highest BCUT2D eigenvalue weighted by molar-refractivity contribution is 7.18. The van der Waals surface area contributed by atoms with Crippen LogP contribution in [-0.2, 0) is 11.3 Å². The standard InChI is InChI=1S/C14H17N3OS.ClH/c18-14(10-4-3-7-15-8-10)16-9-13-17-11-5-1-2-6-12(11)19-13;/h1-2,5-6,10,15H,3-4,7-9H2,(H,16,18);1H. The number of carbonyl (C=O) groups is 1. The summed E-state index contributed by atoms with van der Waals surface area (Å²) in [4.78, 5) is 16.5. The van der Waals surface area contributed by atoms with Crippen molar-refractivity contribution in [3.05, 3.63) is 29.3 Å². The molecule has 2 heterocycles. The molecule has 2 aromatic rings. The van der Waals surface area contributed by atoms with Crippen molar-refractivity contribution >= 4 is 39.9 Å². The van der Waals surface area contributed by atoms with Crippen LogP contribution in [-0.4, -0.2) is 24.0 Å². The summed E-state index contributed by atoms with van der Waals surface area (Å²) in [6.07, 6.45) is 2.07. The van der Waals surface area contributed by atoms with Crippen LogP contribution in [0.2, 0.25) is 0 Å². The first-order valence-corrected chi connectivity index (χ1v) is 7.47. The third-order valence-corrected chi connectivity index (χ3v) is 4.46. The molecule has 1 saturated heterocycles. The van der Waals surface area contributed by atoms with Crippen molar-refractivity contribution in [1.29, 1.82) is 0 Å². The largest absolute Gasteiger partial charge is 0.349 e. The minimum Gasteiger partial charge on any atom is -0.349 e. The predicted octanol–water partition coefficient (Wildman–Crippen LogP) is 2.33. The fourth-order valence-corrected chi connectivity index (χ4v) is 3.29. The Hall–Kier alpha value is -1.17. The van der Waals surface area contributed by atoms with E-state index in [0.717, 1.165) is 36.5 Å². The fraction of sp³-hybridized carbons (Fsp3) is 0.429. The smallest absolute Gasteiger partial charge is 0.224 e. The average molecular weight is 312 g/mol. The SMILES string of the molecule is Cl.O=C(NCc1nc2ccccc2s1)C1CCCNC1. The molecule has 1 unspecified atom stereocenters. The van der Waals surface area contributed by atoms with Crippen LogP contribution in [0.4, 0.5) is 0 Å². The summed E-state index contributed by atoms with van der Waals surface area (Å²) in [5, 5.41) is 7.23. The molecule has 1 fully saturated rings. The van der Waals surface area contributed by atoms with Crippen LogP contribution in [0.15, 0.2) is 24.3 Å². The minimum absolute atomic E-state index is 0. The van der Waals surface area contributed by atoms with Crippen LogP contribution in [0.1, 0.15) is 17.8 Å². The van der Waals surface area contributed by atoms with Gasteiger partial charge >= 0.3 is 0 Å². The van der Waals surface area contributed by atoms with Crippen LogP contribution in [0.5, 0.6) is 0 Å². The van der Waals surface area contributed by atoms with E-state index in [2.05, 4.69) is 21.7 Å². The van der Waals surface area contributed by atoms with Gasteiger partial charge in [0.25, 0.3) is 0 Å². The van der Waals surface area contributed by atoms with E-state index in [1.807, 2.05) is 18.2 Å². The summed E-state index contributed by atoms with van der Waals surface area (Å²) >= 11 is 1.64. The number of nitrogens with zero attached hydrogens (tertiary/aromatic N) is 1. The van der Waals surface area contributed by atoms with Gasteiger partial charge in [-0.25, -0.2) is 4.98 Å². The Balaban J connectivity index is 0.00000147. The maximum absolute atomic E-state index is 12.0. The van der Waals surface area contributed by atoms with Gasteiger partial charge < -0.3 is 10.6 Å². The number of thiazole rings is 1. The molecule has 1 atom stereocenters. The van der Waals surface area contributed by atoms with Crippen LogP contribution in [0.3, 0.4) is 0 Å². The predicted molar refractivity (Wildman–Crippen MR) is 84.3 cm³/mol. The van der Waals surface area contributed by atoms with Gasteiger partial charge in [-0.1, -0.05) is 12.1 Å². The molecular formula is C14H18ClN3OS. The molecule has 3 rings (SSSR count). The molecule has 108 valence electrons. The Kier molecular flexibility index (Phi) is 5.34. The number of carbonyl (C=O) groups excluding carboxylic acids is 1. The zero-order valence-corrected chi connectivity index (χ0v) is 12.7. The highest BCUT2D eigenvalue weighted by atomic mass is 35.5. The topological polar surface area (TPSA) is 54.0 Å². The third kappa shape index (κ3) is 3.48. The van der Waals surface area contributed by atoms with Crippen LogP contribution < -0.4 is 10.6 Å². The Bertz CT molecular complexity index is 548. The van der Waals surface area contributed by atoms with Crippen molar-refractivity contribution < 1.29 is 4.79 Å².